The third-order valence-electron chi connectivity index (χ3n) is 12.3. The predicted molar refractivity (Wildman–Crippen MR) is 216 cm³/mol. The highest BCUT2D eigenvalue weighted by Crippen LogP contribution is 2.51. The summed E-state index contributed by atoms with van der Waals surface area (Å²) in [7, 11) is 0. The SMILES string of the molecule is Cc1ccc(C(=O)Nc2ncn[nH]2)cc1-c1ccc2c(c1)NC(=O)C21CCCC1.O=C(NC1CC1)c1ccc(Cl)c(-c2ccc3c(c2)NC(=O)C32CCCC2)c1. The second-order valence-corrected chi connectivity index (χ2v) is 16.2. The third kappa shape index (κ3) is 6.33. The standard InChI is InChI=1S/C22H21ClN2O2.C22H21N5O2/c23-18-8-4-14(20(26)24-15-5-6-15)11-16(18)13-3-7-17-19(12-13)25-21(27)22(17)9-1-2-10-22;1-13-4-5-15(19(28)26-21-23-12-24-27-21)10-16(13)14-6-7-17-18(11-14)25-20(29)22(17)8-2-3-9-22/h3-4,7-8,11-12,15H,1-2,5-6,9-10H2,(H,24,26)(H,25,27);4-7,10-12H,2-3,8-9H2,1H3,(H,25,29)(H2,23,24,26,27,28). The van der Waals surface area contributed by atoms with Crippen LogP contribution in [0.5, 0.6) is 0 Å². The summed E-state index contributed by atoms with van der Waals surface area (Å²) in [6.45, 7) is 2.01. The minimum absolute atomic E-state index is 0.0604. The number of hydrogen-bond acceptors (Lipinski definition) is 6. The monoisotopic (exact) mass is 767 g/mol. The van der Waals surface area contributed by atoms with Gasteiger partial charge in [-0.25, -0.2) is 5.10 Å². The molecule has 0 saturated heterocycles. The number of anilines is 3. The molecule has 0 bridgehead atoms. The van der Waals surface area contributed by atoms with Crippen LogP contribution in [0.3, 0.4) is 0 Å². The molecular weight excluding hydrogens is 726 g/mol. The Morgan fingerprint density at radius 3 is 1.84 bits per heavy atom. The van der Waals surface area contributed by atoms with Gasteiger partial charge in [-0.1, -0.05) is 67.6 Å². The largest absolute Gasteiger partial charge is 0.349 e. The summed E-state index contributed by atoms with van der Waals surface area (Å²) in [6, 6.07) is 23.5. The number of aromatic nitrogens is 3. The Hall–Kier alpha value is -5.81. The lowest BCUT2D eigenvalue weighted by Gasteiger charge is -2.20. The van der Waals surface area contributed by atoms with E-state index in [4.69, 9.17) is 11.6 Å². The van der Waals surface area contributed by atoms with E-state index in [1.807, 2.05) is 43.3 Å². The number of aromatic amines is 1. The van der Waals surface area contributed by atoms with Gasteiger partial charge in [-0.2, -0.15) is 10.1 Å². The number of aryl methyl sites for hydroxylation is 1. The van der Waals surface area contributed by atoms with Crippen LogP contribution < -0.4 is 21.3 Å². The van der Waals surface area contributed by atoms with E-state index >= 15 is 0 Å². The van der Waals surface area contributed by atoms with Gasteiger partial charge in [0.2, 0.25) is 17.8 Å². The van der Waals surface area contributed by atoms with Crippen molar-refractivity contribution in [1.82, 2.24) is 20.5 Å². The zero-order valence-electron chi connectivity index (χ0n) is 31.1. The smallest absolute Gasteiger partial charge is 0.258 e. The van der Waals surface area contributed by atoms with Crippen LogP contribution in [0.1, 0.15) is 102 Å². The molecule has 0 atom stereocenters. The van der Waals surface area contributed by atoms with Gasteiger partial charge < -0.3 is 16.0 Å². The summed E-state index contributed by atoms with van der Waals surface area (Å²) in [5.41, 5.74) is 9.15. The van der Waals surface area contributed by atoms with Gasteiger partial charge in [0.05, 0.1) is 10.8 Å². The molecular formula is C44H42ClN7O4. The maximum Gasteiger partial charge on any atom is 0.258 e. The van der Waals surface area contributed by atoms with Crippen molar-refractivity contribution >= 4 is 52.6 Å². The van der Waals surface area contributed by atoms with Gasteiger partial charge in [-0.3, -0.25) is 24.5 Å². The molecule has 3 heterocycles. The second kappa shape index (κ2) is 14.0. The minimum Gasteiger partial charge on any atom is -0.349 e. The van der Waals surface area contributed by atoms with E-state index in [9.17, 15) is 19.2 Å². The van der Waals surface area contributed by atoms with Crippen LogP contribution in [0, 0.1) is 6.92 Å². The van der Waals surface area contributed by atoms with Crippen LogP contribution in [-0.4, -0.2) is 44.9 Å². The number of halogens is 1. The van der Waals surface area contributed by atoms with Crippen LogP contribution in [-0.2, 0) is 20.4 Å². The molecule has 0 unspecified atom stereocenters. The normalized spacial score (nSPS) is 18.2. The average Bonchev–Trinajstić information content (AvgIpc) is 3.71. The molecule has 5 N–H and O–H groups in total. The predicted octanol–water partition coefficient (Wildman–Crippen LogP) is 8.46. The van der Waals surface area contributed by atoms with Crippen LogP contribution in [0.4, 0.5) is 17.3 Å². The van der Waals surface area contributed by atoms with E-state index < -0.39 is 0 Å². The lowest BCUT2D eigenvalue weighted by Crippen LogP contribution is -2.30. The van der Waals surface area contributed by atoms with Crippen molar-refractivity contribution in [2.45, 2.75) is 88.0 Å². The van der Waals surface area contributed by atoms with Gasteiger partial charge in [-0.15, -0.1) is 0 Å². The fourth-order valence-electron chi connectivity index (χ4n) is 9.05. The molecule has 2 aliphatic heterocycles. The Morgan fingerprint density at radius 2 is 1.27 bits per heavy atom. The first-order chi connectivity index (χ1) is 27.1. The molecule has 1 aromatic heterocycles. The van der Waals surface area contributed by atoms with E-state index in [2.05, 4.69) is 54.6 Å². The fourth-order valence-corrected chi connectivity index (χ4v) is 9.27. The summed E-state index contributed by atoms with van der Waals surface area (Å²) in [6.07, 6.45) is 11.5. The summed E-state index contributed by atoms with van der Waals surface area (Å²) in [5.74, 6) is 0.228. The molecule has 5 aromatic rings. The van der Waals surface area contributed by atoms with Crippen molar-refractivity contribution in [2.24, 2.45) is 0 Å². The Balaban J connectivity index is 0.000000147. The Morgan fingerprint density at radius 1 is 0.714 bits per heavy atom. The van der Waals surface area contributed by atoms with Gasteiger partial charge >= 0.3 is 0 Å². The number of benzene rings is 4. The first-order valence-electron chi connectivity index (χ1n) is 19.4. The zero-order valence-corrected chi connectivity index (χ0v) is 31.8. The topological polar surface area (TPSA) is 158 Å². The van der Waals surface area contributed by atoms with Crippen molar-refractivity contribution in [2.75, 3.05) is 16.0 Å². The molecule has 3 aliphatic carbocycles. The number of nitrogens with zero attached hydrogens (tertiary/aromatic N) is 2. The number of carbonyl (C=O) groups is 4. The number of fused-ring (bicyclic) bond motifs is 4. The second-order valence-electron chi connectivity index (χ2n) is 15.8. The molecule has 3 fully saturated rings. The molecule has 11 nitrogen and oxygen atoms in total. The molecule has 0 radical (unpaired) electrons. The highest BCUT2D eigenvalue weighted by atomic mass is 35.5. The van der Waals surface area contributed by atoms with Gasteiger partial charge in [-0.05, 0) is 121 Å². The van der Waals surface area contributed by atoms with E-state index in [1.165, 1.54) is 6.33 Å². The van der Waals surface area contributed by atoms with Gasteiger partial charge in [0.15, 0.2) is 0 Å². The number of amides is 4. The lowest BCUT2D eigenvalue weighted by atomic mass is 9.79. The molecule has 4 aromatic carbocycles. The molecule has 5 aliphatic rings. The van der Waals surface area contributed by atoms with E-state index in [0.29, 0.717) is 28.1 Å². The zero-order chi connectivity index (χ0) is 38.6. The van der Waals surface area contributed by atoms with Gasteiger partial charge in [0.1, 0.15) is 6.33 Å². The van der Waals surface area contributed by atoms with Crippen molar-refractivity contribution in [3.63, 3.8) is 0 Å². The number of carbonyl (C=O) groups excluding carboxylic acids is 4. The number of rotatable bonds is 6. The lowest BCUT2D eigenvalue weighted by molar-refractivity contribution is -0.121. The first-order valence-corrected chi connectivity index (χ1v) is 19.8. The van der Waals surface area contributed by atoms with Crippen LogP contribution in [0.2, 0.25) is 5.02 Å². The Kier molecular flexibility index (Phi) is 8.99. The van der Waals surface area contributed by atoms with Crippen molar-refractivity contribution < 1.29 is 19.2 Å². The molecule has 284 valence electrons. The van der Waals surface area contributed by atoms with Crippen LogP contribution in [0.15, 0.2) is 79.1 Å². The Labute approximate surface area is 329 Å². The number of hydrogen-bond donors (Lipinski definition) is 5. The highest BCUT2D eigenvalue weighted by Gasteiger charge is 2.49. The average molecular weight is 768 g/mol. The summed E-state index contributed by atoms with van der Waals surface area (Å²) < 4.78 is 0. The van der Waals surface area contributed by atoms with E-state index in [0.717, 1.165) is 115 Å². The maximum absolute atomic E-state index is 12.7. The van der Waals surface area contributed by atoms with Crippen LogP contribution in [0.25, 0.3) is 22.3 Å². The first kappa shape index (κ1) is 35.9. The van der Waals surface area contributed by atoms with Crippen molar-refractivity contribution in [1.29, 1.82) is 0 Å². The molecule has 2 spiro atoms. The van der Waals surface area contributed by atoms with Crippen molar-refractivity contribution in [3.8, 4) is 22.3 Å². The minimum atomic E-state index is -0.346. The highest BCUT2D eigenvalue weighted by molar-refractivity contribution is 6.33. The summed E-state index contributed by atoms with van der Waals surface area (Å²) in [4.78, 5) is 54.2. The van der Waals surface area contributed by atoms with Crippen LogP contribution >= 0.6 is 11.6 Å². The van der Waals surface area contributed by atoms with E-state index in [1.54, 1.807) is 18.2 Å². The quantitative estimate of drug-likeness (QED) is 0.117. The summed E-state index contributed by atoms with van der Waals surface area (Å²) in [5, 5.41) is 18.8. The molecule has 4 amide bonds. The molecule has 56 heavy (non-hydrogen) atoms. The van der Waals surface area contributed by atoms with Gasteiger partial charge in [0, 0.05) is 39.1 Å². The van der Waals surface area contributed by atoms with Crippen molar-refractivity contribution in [3.05, 3.63) is 112 Å². The number of nitrogens with one attached hydrogen (secondary N) is 5. The maximum atomic E-state index is 12.7. The fraction of sp³-hybridized carbons (Fsp3) is 0.318. The molecule has 12 heteroatoms. The summed E-state index contributed by atoms with van der Waals surface area (Å²) >= 11 is 6.43. The molecule has 10 rings (SSSR count). The van der Waals surface area contributed by atoms with Gasteiger partial charge in [0.25, 0.3) is 11.8 Å². The third-order valence-corrected chi connectivity index (χ3v) is 12.6. The Bertz CT molecular complexity index is 2410. The number of H-pyrrole nitrogens is 1. The van der Waals surface area contributed by atoms with E-state index in [-0.39, 0.29) is 34.5 Å². The molecule has 3 saturated carbocycles.